The summed E-state index contributed by atoms with van der Waals surface area (Å²) in [5, 5.41) is 0.687. The van der Waals surface area contributed by atoms with Crippen LogP contribution in [0.15, 0.2) is 48.5 Å². The fraction of sp³-hybridized carbons (Fsp3) is 0.316. The number of hydrogen-bond donors (Lipinski definition) is 1. The van der Waals surface area contributed by atoms with Gasteiger partial charge in [0.2, 0.25) is 0 Å². The second-order valence-corrected chi connectivity index (χ2v) is 7.18. The molecule has 4 rings (SSSR count). The summed E-state index contributed by atoms with van der Waals surface area (Å²) in [5.74, 6) is 0.828. The van der Waals surface area contributed by atoms with Crippen LogP contribution >= 0.6 is 11.3 Å². The van der Waals surface area contributed by atoms with Gasteiger partial charge < -0.3 is 10.5 Å². The van der Waals surface area contributed by atoms with Crippen molar-refractivity contribution >= 4 is 21.6 Å². The van der Waals surface area contributed by atoms with E-state index < -0.39 is 0 Å². The van der Waals surface area contributed by atoms with Crippen LogP contribution in [0.1, 0.15) is 18.4 Å². The fourth-order valence-electron chi connectivity index (χ4n) is 2.89. The third kappa shape index (κ3) is 3.59. The van der Waals surface area contributed by atoms with Crippen LogP contribution in [0.2, 0.25) is 0 Å². The highest BCUT2D eigenvalue weighted by Crippen LogP contribution is 2.32. The minimum absolute atomic E-state index is 0.687. The number of fused-ring (bicyclic) bond motifs is 1. The van der Waals surface area contributed by atoms with E-state index in [0.717, 1.165) is 41.6 Å². The molecule has 1 aliphatic carbocycles. The van der Waals surface area contributed by atoms with Crippen LogP contribution in [-0.2, 0) is 6.54 Å². The number of benzene rings is 2. The molecule has 0 bridgehead atoms. The predicted octanol–water partition coefficient (Wildman–Crippen LogP) is 4.01. The van der Waals surface area contributed by atoms with Gasteiger partial charge in [-0.2, -0.15) is 0 Å². The Morgan fingerprint density at radius 2 is 1.92 bits per heavy atom. The molecule has 0 amide bonds. The SMILES string of the molecule is NCCN(Cc1ccc(Oc2nc3ccccc3s2)cc1)C1CC1. The van der Waals surface area contributed by atoms with Gasteiger partial charge in [-0.25, -0.2) is 4.98 Å². The molecule has 1 saturated carbocycles. The van der Waals surface area contributed by atoms with Crippen molar-refractivity contribution in [3.8, 4) is 10.9 Å². The summed E-state index contributed by atoms with van der Waals surface area (Å²) in [6.07, 6.45) is 2.61. The van der Waals surface area contributed by atoms with E-state index in [4.69, 9.17) is 10.5 Å². The smallest absolute Gasteiger partial charge is 0.279 e. The van der Waals surface area contributed by atoms with Crippen molar-refractivity contribution in [3.05, 3.63) is 54.1 Å². The first-order valence-corrected chi connectivity index (χ1v) is 9.20. The molecule has 1 aliphatic rings. The highest BCUT2D eigenvalue weighted by molar-refractivity contribution is 7.20. The van der Waals surface area contributed by atoms with E-state index in [0.29, 0.717) is 5.19 Å². The van der Waals surface area contributed by atoms with Crippen molar-refractivity contribution < 1.29 is 4.74 Å². The maximum Gasteiger partial charge on any atom is 0.279 e. The number of nitrogens with zero attached hydrogens (tertiary/aromatic N) is 2. The minimum Gasteiger partial charge on any atom is -0.431 e. The molecule has 2 N–H and O–H groups in total. The molecule has 0 saturated heterocycles. The minimum atomic E-state index is 0.687. The molecule has 5 heteroatoms. The summed E-state index contributed by atoms with van der Waals surface area (Å²) in [4.78, 5) is 6.98. The molecule has 0 aliphatic heterocycles. The highest BCUT2D eigenvalue weighted by atomic mass is 32.1. The lowest BCUT2D eigenvalue weighted by molar-refractivity contribution is 0.262. The lowest BCUT2D eigenvalue weighted by atomic mass is 10.2. The third-order valence-electron chi connectivity index (χ3n) is 4.27. The van der Waals surface area contributed by atoms with Crippen molar-refractivity contribution in [2.24, 2.45) is 5.73 Å². The summed E-state index contributed by atoms with van der Waals surface area (Å²) in [6, 6.07) is 17.1. The molecule has 0 atom stereocenters. The molecule has 4 nitrogen and oxygen atoms in total. The van der Waals surface area contributed by atoms with E-state index in [1.807, 2.05) is 30.3 Å². The Morgan fingerprint density at radius 3 is 2.62 bits per heavy atom. The molecular formula is C19H21N3OS. The summed E-state index contributed by atoms with van der Waals surface area (Å²) >= 11 is 1.57. The van der Waals surface area contributed by atoms with E-state index in [1.54, 1.807) is 11.3 Å². The van der Waals surface area contributed by atoms with Crippen LogP contribution in [0.3, 0.4) is 0 Å². The first-order chi connectivity index (χ1) is 11.8. The number of ether oxygens (including phenoxy) is 1. The molecule has 1 heterocycles. The second-order valence-electron chi connectivity index (χ2n) is 6.18. The number of aromatic nitrogens is 1. The maximum atomic E-state index is 5.90. The van der Waals surface area contributed by atoms with Crippen molar-refractivity contribution in [3.63, 3.8) is 0 Å². The quantitative estimate of drug-likeness (QED) is 0.706. The van der Waals surface area contributed by atoms with Crippen LogP contribution in [0.25, 0.3) is 10.2 Å². The summed E-state index contributed by atoms with van der Waals surface area (Å²) in [5.41, 5.74) is 8.00. The van der Waals surface area contributed by atoms with E-state index in [-0.39, 0.29) is 0 Å². The van der Waals surface area contributed by atoms with Crippen molar-refractivity contribution in [1.29, 1.82) is 0 Å². The monoisotopic (exact) mass is 339 g/mol. The molecule has 3 aromatic rings. The Kier molecular flexibility index (Phi) is 4.47. The number of thiazole rings is 1. The van der Waals surface area contributed by atoms with Gasteiger partial charge in [0.1, 0.15) is 5.75 Å². The first-order valence-electron chi connectivity index (χ1n) is 8.38. The van der Waals surface area contributed by atoms with E-state index >= 15 is 0 Å². The molecular weight excluding hydrogens is 318 g/mol. The van der Waals surface area contributed by atoms with Crippen LogP contribution in [0.4, 0.5) is 0 Å². The van der Waals surface area contributed by atoms with E-state index in [2.05, 4.69) is 28.1 Å². The lowest BCUT2D eigenvalue weighted by Gasteiger charge is -2.21. The first kappa shape index (κ1) is 15.6. The fourth-order valence-corrected chi connectivity index (χ4v) is 3.72. The zero-order valence-corrected chi connectivity index (χ0v) is 14.3. The van der Waals surface area contributed by atoms with Crippen LogP contribution in [-0.4, -0.2) is 29.0 Å². The van der Waals surface area contributed by atoms with Gasteiger partial charge in [0.15, 0.2) is 0 Å². The van der Waals surface area contributed by atoms with Gasteiger partial charge in [0.05, 0.1) is 10.2 Å². The Balaban J connectivity index is 1.43. The van der Waals surface area contributed by atoms with Crippen molar-refractivity contribution in [1.82, 2.24) is 9.88 Å². The van der Waals surface area contributed by atoms with Gasteiger partial charge in [-0.05, 0) is 42.7 Å². The summed E-state index contributed by atoms with van der Waals surface area (Å²) in [6.45, 7) is 2.65. The Labute approximate surface area is 145 Å². The van der Waals surface area contributed by atoms with Gasteiger partial charge in [0, 0.05) is 25.7 Å². The molecule has 0 unspecified atom stereocenters. The molecule has 0 radical (unpaired) electrons. The number of nitrogens with two attached hydrogens (primary N) is 1. The Morgan fingerprint density at radius 1 is 1.12 bits per heavy atom. The third-order valence-corrected chi connectivity index (χ3v) is 5.18. The second kappa shape index (κ2) is 6.89. The van der Waals surface area contributed by atoms with Gasteiger partial charge in [-0.1, -0.05) is 35.6 Å². The predicted molar refractivity (Wildman–Crippen MR) is 98.6 cm³/mol. The van der Waals surface area contributed by atoms with Crippen molar-refractivity contribution in [2.45, 2.75) is 25.4 Å². The molecule has 0 spiro atoms. The molecule has 2 aromatic carbocycles. The van der Waals surface area contributed by atoms with Crippen LogP contribution < -0.4 is 10.5 Å². The normalized spacial score (nSPS) is 14.4. The van der Waals surface area contributed by atoms with Crippen LogP contribution in [0, 0.1) is 0 Å². The number of hydrogen-bond acceptors (Lipinski definition) is 5. The number of para-hydroxylation sites is 1. The topological polar surface area (TPSA) is 51.4 Å². The molecule has 124 valence electrons. The standard InChI is InChI=1S/C19H21N3OS/c20-11-12-22(15-7-8-15)13-14-5-9-16(10-6-14)23-19-21-17-3-1-2-4-18(17)24-19/h1-6,9-10,15H,7-8,11-13,20H2. The Bertz CT molecular complexity index is 778. The largest absolute Gasteiger partial charge is 0.431 e. The zero-order valence-electron chi connectivity index (χ0n) is 13.5. The van der Waals surface area contributed by atoms with Crippen molar-refractivity contribution in [2.75, 3.05) is 13.1 Å². The van der Waals surface area contributed by atoms with E-state index in [1.165, 1.54) is 18.4 Å². The zero-order chi connectivity index (χ0) is 16.4. The van der Waals surface area contributed by atoms with Gasteiger partial charge in [-0.15, -0.1) is 0 Å². The van der Waals surface area contributed by atoms with E-state index in [9.17, 15) is 0 Å². The molecule has 1 aromatic heterocycles. The highest BCUT2D eigenvalue weighted by Gasteiger charge is 2.28. The summed E-state index contributed by atoms with van der Waals surface area (Å²) < 4.78 is 7.05. The Hall–Kier alpha value is -1.95. The average Bonchev–Trinajstić information content (AvgIpc) is 3.36. The summed E-state index contributed by atoms with van der Waals surface area (Å²) in [7, 11) is 0. The average molecular weight is 339 g/mol. The lowest BCUT2D eigenvalue weighted by Crippen LogP contribution is -2.30. The molecule has 1 fully saturated rings. The van der Waals surface area contributed by atoms with Gasteiger partial charge >= 0.3 is 0 Å². The maximum absolute atomic E-state index is 5.90. The van der Waals surface area contributed by atoms with Gasteiger partial charge in [-0.3, -0.25) is 4.90 Å². The number of rotatable bonds is 7. The van der Waals surface area contributed by atoms with Gasteiger partial charge in [0.25, 0.3) is 5.19 Å². The molecule has 24 heavy (non-hydrogen) atoms. The van der Waals surface area contributed by atoms with Crippen LogP contribution in [0.5, 0.6) is 10.9 Å².